The molecule has 1 spiro atoms. The van der Waals surface area contributed by atoms with Crippen LogP contribution in [0.3, 0.4) is 0 Å². The van der Waals surface area contributed by atoms with Crippen molar-refractivity contribution in [2.75, 3.05) is 13.6 Å². The summed E-state index contributed by atoms with van der Waals surface area (Å²) in [6.45, 7) is 3.95. The van der Waals surface area contributed by atoms with Crippen LogP contribution in [0.1, 0.15) is 71.6 Å². The summed E-state index contributed by atoms with van der Waals surface area (Å²) in [7, 11) is 1.69. The van der Waals surface area contributed by atoms with Gasteiger partial charge in [-0.25, -0.2) is 4.79 Å². The van der Waals surface area contributed by atoms with Gasteiger partial charge >= 0.3 is 6.03 Å². The molecule has 6 nitrogen and oxygen atoms in total. The highest BCUT2D eigenvalue weighted by Gasteiger charge is 2.55. The van der Waals surface area contributed by atoms with E-state index in [0.29, 0.717) is 12.8 Å². The fourth-order valence-electron chi connectivity index (χ4n) is 3.91. The van der Waals surface area contributed by atoms with Crippen LogP contribution in [0.25, 0.3) is 0 Å². The molecule has 1 N–H and O–H groups in total. The number of imide groups is 1. The predicted octanol–water partition coefficient (Wildman–Crippen LogP) is 2.67. The van der Waals surface area contributed by atoms with Crippen LogP contribution in [0, 0.1) is 0 Å². The molecule has 24 heavy (non-hydrogen) atoms. The maximum atomic E-state index is 12.8. The minimum absolute atomic E-state index is 0.0678. The van der Waals surface area contributed by atoms with Gasteiger partial charge in [-0.3, -0.25) is 14.5 Å². The summed E-state index contributed by atoms with van der Waals surface area (Å²) in [5, 5.41) is 2.91. The van der Waals surface area contributed by atoms with Gasteiger partial charge in [-0.1, -0.05) is 45.4 Å². The number of carbonyl (C=O) groups excluding carboxylic acids is 3. The van der Waals surface area contributed by atoms with Crippen LogP contribution in [-0.4, -0.2) is 52.8 Å². The molecule has 4 amide bonds. The molecule has 1 saturated heterocycles. The lowest BCUT2D eigenvalue weighted by atomic mass is 9.81. The van der Waals surface area contributed by atoms with Crippen LogP contribution in [0.5, 0.6) is 0 Å². The van der Waals surface area contributed by atoms with Gasteiger partial charge in [0.2, 0.25) is 5.91 Å². The molecule has 0 aromatic carbocycles. The predicted molar refractivity (Wildman–Crippen MR) is 92.4 cm³/mol. The van der Waals surface area contributed by atoms with Gasteiger partial charge in [-0.05, 0) is 26.2 Å². The van der Waals surface area contributed by atoms with Gasteiger partial charge < -0.3 is 10.2 Å². The smallest absolute Gasteiger partial charge is 0.327 e. The molecular formula is C18H31N3O3. The molecule has 136 valence electrons. The van der Waals surface area contributed by atoms with Crippen molar-refractivity contribution in [2.45, 2.75) is 83.2 Å². The summed E-state index contributed by atoms with van der Waals surface area (Å²) in [6.07, 6.45) is 8.72. The lowest BCUT2D eigenvalue weighted by Crippen LogP contribution is -2.49. The largest absolute Gasteiger partial charge is 0.352 e. The van der Waals surface area contributed by atoms with Gasteiger partial charge in [0.25, 0.3) is 5.91 Å². The van der Waals surface area contributed by atoms with Crippen molar-refractivity contribution in [1.29, 1.82) is 0 Å². The van der Waals surface area contributed by atoms with Crippen LogP contribution in [-0.2, 0) is 9.59 Å². The minimum atomic E-state index is -0.706. The summed E-state index contributed by atoms with van der Waals surface area (Å²) in [5.41, 5.74) is -0.706. The molecule has 1 saturated carbocycles. The van der Waals surface area contributed by atoms with Crippen molar-refractivity contribution >= 4 is 17.8 Å². The molecular weight excluding hydrogens is 306 g/mol. The molecule has 2 aliphatic rings. The Morgan fingerprint density at radius 1 is 1.21 bits per heavy atom. The average Bonchev–Trinajstić information content (AvgIpc) is 2.72. The van der Waals surface area contributed by atoms with Gasteiger partial charge in [0.05, 0.1) is 0 Å². The molecule has 1 heterocycles. The first kappa shape index (κ1) is 18.7. The van der Waals surface area contributed by atoms with Crippen LogP contribution in [0.15, 0.2) is 0 Å². The Hall–Kier alpha value is -1.59. The highest BCUT2D eigenvalue weighted by atomic mass is 16.2. The third kappa shape index (κ3) is 3.73. The number of rotatable bonds is 7. The van der Waals surface area contributed by atoms with Crippen LogP contribution >= 0.6 is 0 Å². The molecule has 1 atom stereocenters. The number of likely N-dealkylation sites (N-methyl/N-ethyl adjacent to an activating group) is 1. The molecule has 0 aromatic heterocycles. The number of nitrogens with one attached hydrogen (secondary N) is 1. The summed E-state index contributed by atoms with van der Waals surface area (Å²) < 4.78 is 0. The summed E-state index contributed by atoms with van der Waals surface area (Å²) in [4.78, 5) is 40.2. The van der Waals surface area contributed by atoms with E-state index in [1.54, 1.807) is 11.9 Å². The fraction of sp³-hybridized carbons (Fsp3) is 0.833. The maximum Gasteiger partial charge on any atom is 0.327 e. The Bertz CT molecular complexity index is 486. The fourth-order valence-corrected chi connectivity index (χ4v) is 3.91. The maximum absolute atomic E-state index is 12.8. The normalized spacial score (nSPS) is 21.5. The Balaban J connectivity index is 1.93. The van der Waals surface area contributed by atoms with Gasteiger partial charge in [0, 0.05) is 13.1 Å². The van der Waals surface area contributed by atoms with Crippen molar-refractivity contribution in [1.82, 2.24) is 15.1 Å². The second kappa shape index (κ2) is 7.99. The highest BCUT2D eigenvalue weighted by molar-refractivity contribution is 6.08. The third-order valence-corrected chi connectivity index (χ3v) is 5.43. The molecule has 6 heteroatoms. The number of carbonyl (C=O) groups is 3. The average molecular weight is 337 g/mol. The van der Waals surface area contributed by atoms with E-state index in [-0.39, 0.29) is 30.4 Å². The first-order chi connectivity index (χ1) is 11.4. The van der Waals surface area contributed by atoms with Crippen molar-refractivity contribution in [2.24, 2.45) is 0 Å². The van der Waals surface area contributed by atoms with Crippen LogP contribution < -0.4 is 5.32 Å². The Kier molecular flexibility index (Phi) is 6.24. The summed E-state index contributed by atoms with van der Waals surface area (Å²) in [6, 6.07) is -0.270. The molecule has 2 rings (SSSR count). The van der Waals surface area contributed by atoms with E-state index in [1.807, 2.05) is 6.92 Å². The Morgan fingerprint density at radius 3 is 2.50 bits per heavy atom. The van der Waals surface area contributed by atoms with Gasteiger partial charge in [-0.15, -0.1) is 0 Å². The Labute approximate surface area is 144 Å². The van der Waals surface area contributed by atoms with Crippen molar-refractivity contribution in [3.63, 3.8) is 0 Å². The van der Waals surface area contributed by atoms with E-state index in [0.717, 1.165) is 49.8 Å². The number of amides is 4. The van der Waals surface area contributed by atoms with E-state index in [4.69, 9.17) is 0 Å². The number of nitrogens with zero attached hydrogens (tertiary/aromatic N) is 2. The lowest BCUT2D eigenvalue weighted by molar-refractivity contribution is -0.137. The minimum Gasteiger partial charge on any atom is -0.352 e. The number of hydrogen-bond donors (Lipinski definition) is 1. The zero-order valence-corrected chi connectivity index (χ0v) is 15.3. The number of hydrogen-bond acceptors (Lipinski definition) is 3. The second-order valence-corrected chi connectivity index (χ2v) is 7.29. The molecule has 0 aromatic rings. The van der Waals surface area contributed by atoms with E-state index in [1.165, 1.54) is 0 Å². The lowest BCUT2D eigenvalue weighted by Gasteiger charge is -2.35. The van der Waals surface area contributed by atoms with Crippen molar-refractivity contribution < 1.29 is 14.4 Å². The first-order valence-electron chi connectivity index (χ1n) is 9.31. The van der Waals surface area contributed by atoms with E-state index < -0.39 is 5.54 Å². The second-order valence-electron chi connectivity index (χ2n) is 7.29. The van der Waals surface area contributed by atoms with Crippen molar-refractivity contribution in [3.8, 4) is 0 Å². The van der Waals surface area contributed by atoms with Gasteiger partial charge in [0.15, 0.2) is 0 Å². The molecule has 0 bridgehead atoms. The van der Waals surface area contributed by atoms with E-state index in [2.05, 4.69) is 12.2 Å². The zero-order valence-electron chi connectivity index (χ0n) is 15.3. The van der Waals surface area contributed by atoms with Gasteiger partial charge in [0.1, 0.15) is 12.1 Å². The SMILES string of the molecule is CCCCCC(C)NC(=O)CN1C(=O)N(C)C2(CCCCC2)C1=O. The monoisotopic (exact) mass is 337 g/mol. The van der Waals surface area contributed by atoms with E-state index in [9.17, 15) is 14.4 Å². The number of urea groups is 1. The van der Waals surface area contributed by atoms with Crippen LogP contribution in [0.4, 0.5) is 4.79 Å². The van der Waals surface area contributed by atoms with Gasteiger partial charge in [-0.2, -0.15) is 0 Å². The summed E-state index contributed by atoms with van der Waals surface area (Å²) >= 11 is 0. The quantitative estimate of drug-likeness (QED) is 0.573. The summed E-state index contributed by atoms with van der Waals surface area (Å²) in [5.74, 6) is -0.439. The first-order valence-corrected chi connectivity index (χ1v) is 9.31. The molecule has 1 unspecified atom stereocenters. The van der Waals surface area contributed by atoms with Crippen LogP contribution in [0.2, 0.25) is 0 Å². The molecule has 0 radical (unpaired) electrons. The van der Waals surface area contributed by atoms with E-state index >= 15 is 0 Å². The highest BCUT2D eigenvalue weighted by Crippen LogP contribution is 2.39. The standard InChI is InChI=1S/C18H31N3O3/c1-4-5-7-10-14(2)19-15(22)13-21-16(23)18(20(3)17(21)24)11-8-6-9-12-18/h14H,4-13H2,1-3H3,(H,19,22). The third-order valence-electron chi connectivity index (χ3n) is 5.43. The molecule has 1 aliphatic heterocycles. The molecule has 1 aliphatic carbocycles. The Morgan fingerprint density at radius 2 is 1.88 bits per heavy atom. The molecule has 2 fully saturated rings. The van der Waals surface area contributed by atoms with Crippen molar-refractivity contribution in [3.05, 3.63) is 0 Å². The number of unbranched alkanes of at least 4 members (excludes halogenated alkanes) is 2. The topological polar surface area (TPSA) is 69.7 Å². The zero-order chi connectivity index (χ0) is 17.7.